The average molecular weight is 441 g/mol. The number of pyridine rings is 1. The molecular weight excluding hydrogens is 408 g/mol. The zero-order chi connectivity index (χ0) is 23.5. The summed E-state index contributed by atoms with van der Waals surface area (Å²) in [7, 11) is 0. The number of anilines is 1. The zero-order valence-electron chi connectivity index (χ0n) is 18.7. The molecule has 0 saturated carbocycles. The molecule has 0 radical (unpaired) electrons. The van der Waals surface area contributed by atoms with E-state index >= 15 is 0 Å². The summed E-state index contributed by atoms with van der Waals surface area (Å²) in [5.74, 6) is -1.26. The number of nitrogens with zero attached hydrogens (tertiary/aromatic N) is 1. The van der Waals surface area contributed by atoms with E-state index < -0.39 is 30.0 Å². The number of aromatic nitrogens is 1. The third-order valence-corrected chi connectivity index (χ3v) is 4.96. The second kappa shape index (κ2) is 12.6. The first-order chi connectivity index (χ1) is 15.3. The quantitative estimate of drug-likeness (QED) is 0.403. The van der Waals surface area contributed by atoms with Gasteiger partial charge < -0.3 is 15.7 Å². The summed E-state index contributed by atoms with van der Waals surface area (Å²) in [6.07, 6.45) is 2.99. The van der Waals surface area contributed by atoms with Crippen molar-refractivity contribution >= 4 is 23.6 Å². The number of carbonyl (C=O) groups excluding carboxylic acids is 2. The van der Waals surface area contributed by atoms with E-state index in [1.165, 1.54) is 6.92 Å². The van der Waals surface area contributed by atoms with Crippen LogP contribution < -0.4 is 16.0 Å². The smallest absolute Gasteiger partial charge is 0.320 e. The van der Waals surface area contributed by atoms with Gasteiger partial charge in [-0.25, -0.2) is 4.98 Å². The molecule has 2 amide bonds. The van der Waals surface area contributed by atoms with Crippen molar-refractivity contribution in [2.24, 2.45) is 5.92 Å². The number of aliphatic carboxylic acids is 1. The number of carbonyl (C=O) groups is 3. The predicted octanol–water partition coefficient (Wildman–Crippen LogP) is 2.62. The van der Waals surface area contributed by atoms with E-state index in [4.69, 9.17) is 0 Å². The normalized spacial score (nSPS) is 13.8. The molecule has 4 N–H and O–H groups in total. The van der Waals surface area contributed by atoms with E-state index in [0.29, 0.717) is 25.1 Å². The lowest BCUT2D eigenvalue weighted by atomic mass is 10.0. The second-order valence-electron chi connectivity index (χ2n) is 8.20. The van der Waals surface area contributed by atoms with Gasteiger partial charge in [0.05, 0.1) is 6.04 Å². The Hall–Kier alpha value is -3.26. The van der Waals surface area contributed by atoms with Crippen molar-refractivity contribution in [3.05, 3.63) is 60.3 Å². The van der Waals surface area contributed by atoms with Crippen LogP contribution >= 0.6 is 0 Å². The van der Waals surface area contributed by atoms with Crippen LogP contribution in [0.25, 0.3) is 0 Å². The summed E-state index contributed by atoms with van der Waals surface area (Å²) in [6.45, 7) is 5.42. The van der Waals surface area contributed by atoms with E-state index in [-0.39, 0.29) is 11.8 Å². The fourth-order valence-corrected chi connectivity index (χ4v) is 3.24. The van der Waals surface area contributed by atoms with Gasteiger partial charge in [-0.1, -0.05) is 50.2 Å². The molecule has 2 aromatic rings. The second-order valence-corrected chi connectivity index (χ2v) is 8.20. The maximum absolute atomic E-state index is 13.1. The molecule has 32 heavy (non-hydrogen) atoms. The molecule has 0 aliphatic heterocycles. The van der Waals surface area contributed by atoms with Gasteiger partial charge in [-0.3, -0.25) is 19.7 Å². The summed E-state index contributed by atoms with van der Waals surface area (Å²) in [5.41, 5.74) is 1.04. The van der Waals surface area contributed by atoms with Crippen molar-refractivity contribution in [2.45, 2.75) is 58.2 Å². The molecule has 1 aromatic heterocycles. The van der Waals surface area contributed by atoms with Gasteiger partial charge in [0.1, 0.15) is 17.9 Å². The lowest BCUT2D eigenvalue weighted by Crippen LogP contribution is -2.54. The molecule has 0 spiro atoms. The fourth-order valence-electron chi connectivity index (χ4n) is 3.24. The molecule has 0 fully saturated rings. The predicted molar refractivity (Wildman–Crippen MR) is 123 cm³/mol. The molecule has 1 aromatic carbocycles. The Balaban J connectivity index is 2.11. The molecule has 0 aliphatic rings. The Bertz CT molecular complexity index is 874. The molecule has 0 saturated heterocycles. The van der Waals surface area contributed by atoms with E-state index in [1.54, 1.807) is 24.4 Å². The Labute approximate surface area is 188 Å². The molecule has 8 nitrogen and oxygen atoms in total. The first-order valence-electron chi connectivity index (χ1n) is 10.8. The first kappa shape index (κ1) is 25.0. The van der Waals surface area contributed by atoms with Gasteiger partial charge in [0, 0.05) is 6.20 Å². The van der Waals surface area contributed by atoms with Crippen LogP contribution in [0.1, 0.15) is 39.2 Å². The Morgan fingerprint density at radius 1 is 0.938 bits per heavy atom. The number of carboxylic acid groups (broad SMARTS) is 1. The van der Waals surface area contributed by atoms with Crippen LogP contribution in [0.2, 0.25) is 0 Å². The lowest BCUT2D eigenvalue weighted by Gasteiger charge is -2.25. The van der Waals surface area contributed by atoms with Crippen molar-refractivity contribution in [1.82, 2.24) is 15.6 Å². The minimum Gasteiger partial charge on any atom is -0.480 e. The van der Waals surface area contributed by atoms with Crippen molar-refractivity contribution in [3.63, 3.8) is 0 Å². The molecule has 8 heteroatoms. The summed E-state index contributed by atoms with van der Waals surface area (Å²) >= 11 is 0. The number of rotatable bonds is 12. The number of carboxylic acids is 1. The molecule has 1 heterocycles. The third kappa shape index (κ3) is 8.47. The van der Waals surface area contributed by atoms with Gasteiger partial charge in [-0.2, -0.15) is 0 Å². The standard InChI is InChI=1S/C24H32N4O4/c1-16(2)15-20(23(30)28-21-11-7-8-14-25-21)27-22(29)19(26-17(3)24(31)32)13-12-18-9-5-4-6-10-18/h4-11,14,16-17,19-20,26H,12-13,15H2,1-3H3,(H,27,29)(H,31,32)(H,25,28,30)/t17-,19+,20+/m1/s1. The van der Waals surface area contributed by atoms with Gasteiger partial charge in [-0.05, 0) is 49.8 Å². The Kier molecular flexibility index (Phi) is 9.81. The highest BCUT2D eigenvalue weighted by Crippen LogP contribution is 2.11. The SMILES string of the molecule is CC(C)C[C@H](NC(=O)[C@H](CCc1ccccc1)N[C@H](C)C(=O)O)C(=O)Nc1ccccn1. The van der Waals surface area contributed by atoms with Crippen LogP contribution in [0, 0.1) is 5.92 Å². The average Bonchev–Trinajstić information content (AvgIpc) is 2.76. The van der Waals surface area contributed by atoms with E-state index in [1.807, 2.05) is 44.2 Å². The van der Waals surface area contributed by atoms with Crippen LogP contribution in [-0.2, 0) is 20.8 Å². The van der Waals surface area contributed by atoms with Crippen molar-refractivity contribution in [3.8, 4) is 0 Å². The van der Waals surface area contributed by atoms with E-state index in [2.05, 4.69) is 20.9 Å². The molecule has 172 valence electrons. The minimum atomic E-state index is -1.05. The monoisotopic (exact) mass is 440 g/mol. The number of benzene rings is 1. The van der Waals surface area contributed by atoms with Crippen LogP contribution in [0.15, 0.2) is 54.7 Å². The van der Waals surface area contributed by atoms with Gasteiger partial charge in [-0.15, -0.1) is 0 Å². The molecular formula is C24H32N4O4. The molecule has 2 rings (SSSR count). The number of amides is 2. The molecule has 0 aliphatic carbocycles. The van der Waals surface area contributed by atoms with Gasteiger partial charge in [0.2, 0.25) is 11.8 Å². The van der Waals surface area contributed by atoms with Gasteiger partial charge in [0.25, 0.3) is 0 Å². The number of aryl methyl sites for hydroxylation is 1. The van der Waals surface area contributed by atoms with E-state index in [0.717, 1.165) is 5.56 Å². The van der Waals surface area contributed by atoms with Gasteiger partial charge in [0.15, 0.2) is 0 Å². The summed E-state index contributed by atoms with van der Waals surface area (Å²) < 4.78 is 0. The number of hydrogen-bond donors (Lipinski definition) is 4. The van der Waals surface area contributed by atoms with E-state index in [9.17, 15) is 19.5 Å². The first-order valence-corrected chi connectivity index (χ1v) is 10.8. The maximum atomic E-state index is 13.1. The maximum Gasteiger partial charge on any atom is 0.320 e. The van der Waals surface area contributed by atoms with Crippen molar-refractivity contribution in [1.29, 1.82) is 0 Å². The summed E-state index contributed by atoms with van der Waals surface area (Å²) in [4.78, 5) is 41.4. The molecule has 3 atom stereocenters. The Morgan fingerprint density at radius 3 is 2.22 bits per heavy atom. The largest absolute Gasteiger partial charge is 0.480 e. The fraction of sp³-hybridized carbons (Fsp3) is 0.417. The van der Waals surface area contributed by atoms with Crippen molar-refractivity contribution in [2.75, 3.05) is 5.32 Å². The molecule has 0 unspecified atom stereocenters. The summed E-state index contributed by atoms with van der Waals surface area (Å²) in [6, 6.07) is 12.4. The van der Waals surface area contributed by atoms with Crippen LogP contribution in [0.5, 0.6) is 0 Å². The van der Waals surface area contributed by atoms with Gasteiger partial charge >= 0.3 is 5.97 Å². The number of hydrogen-bond acceptors (Lipinski definition) is 5. The highest BCUT2D eigenvalue weighted by molar-refractivity contribution is 5.97. The van der Waals surface area contributed by atoms with Crippen LogP contribution in [0.3, 0.4) is 0 Å². The van der Waals surface area contributed by atoms with Crippen molar-refractivity contribution < 1.29 is 19.5 Å². The van der Waals surface area contributed by atoms with Crippen LogP contribution in [0.4, 0.5) is 5.82 Å². The third-order valence-electron chi connectivity index (χ3n) is 4.96. The summed E-state index contributed by atoms with van der Waals surface area (Å²) in [5, 5.41) is 17.7. The zero-order valence-corrected chi connectivity index (χ0v) is 18.7. The topological polar surface area (TPSA) is 120 Å². The Morgan fingerprint density at radius 2 is 1.62 bits per heavy atom. The lowest BCUT2D eigenvalue weighted by molar-refractivity contribution is -0.139. The van der Waals surface area contributed by atoms with Crippen LogP contribution in [-0.4, -0.2) is 46.0 Å². The minimum absolute atomic E-state index is 0.156. The highest BCUT2D eigenvalue weighted by atomic mass is 16.4. The highest BCUT2D eigenvalue weighted by Gasteiger charge is 2.28. The number of nitrogens with one attached hydrogen (secondary N) is 3. The molecule has 0 bridgehead atoms.